The maximum Gasteiger partial charge on any atom is 0.323 e. The highest BCUT2D eigenvalue weighted by molar-refractivity contribution is 6.05. The van der Waals surface area contributed by atoms with Gasteiger partial charge in [-0.25, -0.2) is 18.9 Å². The Kier molecular flexibility index (Phi) is 8.20. The number of urea groups is 1. The molecular weight excluding hydrogens is 550 g/mol. The molecule has 13 heteroatoms. The molecule has 1 aliphatic carbocycles. The number of carbonyl (C=O) groups excluding carboxylic acids is 2. The number of hydrogen-bond acceptors (Lipinski definition) is 6. The molecule has 2 aromatic heterocycles. The molecule has 0 saturated carbocycles. The smallest absolute Gasteiger partial charge is 0.323 e. The van der Waals surface area contributed by atoms with Crippen LogP contribution in [0.3, 0.4) is 0 Å². The zero-order chi connectivity index (χ0) is 30.0. The fraction of sp³-hybridized carbons (Fsp3) is 0.310. The second-order valence-electron chi connectivity index (χ2n) is 9.96. The number of ether oxygens (including phenoxy) is 2. The fourth-order valence-electron chi connectivity index (χ4n) is 4.79. The van der Waals surface area contributed by atoms with E-state index in [1.807, 2.05) is 25.2 Å². The van der Waals surface area contributed by atoms with E-state index < -0.39 is 34.5 Å². The number of carbonyl (C=O) groups is 2. The van der Waals surface area contributed by atoms with Gasteiger partial charge in [0.15, 0.2) is 11.6 Å². The number of pyridine rings is 1. The number of nitrogens with zero attached hydrogens (tertiary/aromatic N) is 4. The molecule has 2 aliphatic rings. The van der Waals surface area contributed by atoms with Crippen LogP contribution in [-0.4, -0.2) is 57.5 Å². The lowest BCUT2D eigenvalue weighted by molar-refractivity contribution is 0.0564. The summed E-state index contributed by atoms with van der Waals surface area (Å²) in [6.45, 7) is 5.32. The van der Waals surface area contributed by atoms with Crippen LogP contribution in [-0.2, 0) is 11.8 Å². The second kappa shape index (κ2) is 12.0. The van der Waals surface area contributed by atoms with Gasteiger partial charge in [0.05, 0.1) is 24.6 Å². The maximum absolute atomic E-state index is 15.1. The van der Waals surface area contributed by atoms with Crippen molar-refractivity contribution in [1.82, 2.24) is 19.2 Å². The van der Waals surface area contributed by atoms with E-state index in [-0.39, 0.29) is 29.1 Å². The molecule has 1 unspecified atom stereocenters. The van der Waals surface area contributed by atoms with Crippen molar-refractivity contribution >= 4 is 29.1 Å². The molecule has 0 radical (unpaired) electrons. The molecular formula is C29H30F2N6O5. The van der Waals surface area contributed by atoms with Gasteiger partial charge in [-0.15, -0.1) is 0 Å². The molecule has 5 rings (SSSR count). The predicted octanol–water partition coefficient (Wildman–Crippen LogP) is 4.51. The van der Waals surface area contributed by atoms with Gasteiger partial charge in [-0.3, -0.25) is 19.6 Å². The van der Waals surface area contributed by atoms with E-state index in [2.05, 4.69) is 15.6 Å². The van der Waals surface area contributed by atoms with Crippen LogP contribution in [0.4, 0.5) is 25.1 Å². The molecule has 220 valence electrons. The number of amides is 3. The van der Waals surface area contributed by atoms with Gasteiger partial charge in [0.1, 0.15) is 17.1 Å². The van der Waals surface area contributed by atoms with E-state index in [1.165, 1.54) is 23.0 Å². The molecule has 2 N–H and O–H groups in total. The van der Waals surface area contributed by atoms with E-state index in [0.29, 0.717) is 32.0 Å². The zero-order valence-electron chi connectivity index (χ0n) is 23.3. The quantitative estimate of drug-likeness (QED) is 0.443. The minimum absolute atomic E-state index is 0.0493. The molecule has 11 nitrogen and oxygen atoms in total. The lowest BCUT2D eigenvalue weighted by Gasteiger charge is -2.26. The summed E-state index contributed by atoms with van der Waals surface area (Å²) in [5.74, 6) is -3.73. The van der Waals surface area contributed by atoms with Gasteiger partial charge in [0.25, 0.3) is 11.5 Å². The Morgan fingerprint density at radius 3 is 2.62 bits per heavy atom. The van der Waals surface area contributed by atoms with Gasteiger partial charge >= 0.3 is 6.03 Å². The van der Waals surface area contributed by atoms with Gasteiger partial charge < -0.3 is 19.7 Å². The highest BCUT2D eigenvalue weighted by atomic mass is 19.2. The van der Waals surface area contributed by atoms with Crippen LogP contribution >= 0.6 is 0 Å². The highest BCUT2D eigenvalue weighted by Crippen LogP contribution is 2.31. The Bertz CT molecular complexity index is 1650. The summed E-state index contributed by atoms with van der Waals surface area (Å²) in [7, 11) is 1.66. The molecule has 1 aliphatic heterocycles. The molecule has 3 heterocycles. The third kappa shape index (κ3) is 5.68. The van der Waals surface area contributed by atoms with Crippen molar-refractivity contribution in [2.45, 2.75) is 20.3 Å². The first-order valence-electron chi connectivity index (χ1n) is 13.4. The van der Waals surface area contributed by atoms with Crippen LogP contribution in [0.15, 0.2) is 53.5 Å². The average Bonchev–Trinajstić information content (AvgIpc) is 3.21. The van der Waals surface area contributed by atoms with Gasteiger partial charge in [-0.05, 0) is 37.6 Å². The predicted molar refractivity (Wildman–Crippen MR) is 152 cm³/mol. The number of nitrogens with one attached hydrogen (secondary N) is 2. The summed E-state index contributed by atoms with van der Waals surface area (Å²) in [5, 5.41) is 4.95. The fourth-order valence-corrected chi connectivity index (χ4v) is 4.79. The minimum atomic E-state index is -1.36. The molecule has 0 spiro atoms. The number of benzene rings is 1. The number of allylic oxidation sites excluding steroid dienone is 4. The van der Waals surface area contributed by atoms with Crippen LogP contribution in [0.25, 0.3) is 5.70 Å². The van der Waals surface area contributed by atoms with Gasteiger partial charge in [-0.1, -0.05) is 19.1 Å². The van der Waals surface area contributed by atoms with Gasteiger partial charge in [-0.2, -0.15) is 4.39 Å². The summed E-state index contributed by atoms with van der Waals surface area (Å²) < 4.78 is 43.8. The third-order valence-electron chi connectivity index (χ3n) is 7.21. The van der Waals surface area contributed by atoms with Gasteiger partial charge in [0.2, 0.25) is 5.82 Å². The Morgan fingerprint density at radius 2 is 1.88 bits per heavy atom. The van der Waals surface area contributed by atoms with E-state index in [1.54, 1.807) is 23.6 Å². The summed E-state index contributed by atoms with van der Waals surface area (Å²) in [4.78, 5) is 44.5. The van der Waals surface area contributed by atoms with Crippen LogP contribution in [0, 0.1) is 24.5 Å². The van der Waals surface area contributed by atoms with Crippen LogP contribution in [0.1, 0.15) is 29.4 Å². The van der Waals surface area contributed by atoms with E-state index in [4.69, 9.17) is 9.47 Å². The zero-order valence-corrected chi connectivity index (χ0v) is 23.3. The largest absolute Gasteiger partial charge is 0.454 e. The van der Waals surface area contributed by atoms with Crippen LogP contribution in [0.2, 0.25) is 0 Å². The number of halogens is 2. The summed E-state index contributed by atoms with van der Waals surface area (Å²) in [6, 6.07) is 4.70. The van der Waals surface area contributed by atoms with Crippen molar-refractivity contribution in [1.29, 1.82) is 0 Å². The number of morpholine rings is 1. The highest BCUT2D eigenvalue weighted by Gasteiger charge is 2.27. The van der Waals surface area contributed by atoms with Crippen molar-refractivity contribution in [2.75, 3.05) is 36.9 Å². The first kappa shape index (κ1) is 28.7. The van der Waals surface area contributed by atoms with Crippen molar-refractivity contribution in [2.24, 2.45) is 13.0 Å². The maximum atomic E-state index is 15.1. The first-order chi connectivity index (χ1) is 20.2. The monoisotopic (exact) mass is 580 g/mol. The summed E-state index contributed by atoms with van der Waals surface area (Å²) in [6.07, 6.45) is 7.74. The van der Waals surface area contributed by atoms with Gasteiger partial charge in [0, 0.05) is 44.0 Å². The van der Waals surface area contributed by atoms with E-state index in [0.717, 1.165) is 24.3 Å². The van der Waals surface area contributed by atoms with Crippen molar-refractivity contribution in [3.05, 3.63) is 81.9 Å². The first-order valence-corrected chi connectivity index (χ1v) is 13.4. The summed E-state index contributed by atoms with van der Waals surface area (Å²) >= 11 is 0. The van der Waals surface area contributed by atoms with Crippen molar-refractivity contribution in [3.8, 4) is 11.5 Å². The van der Waals surface area contributed by atoms with Crippen molar-refractivity contribution in [3.63, 3.8) is 0 Å². The second-order valence-corrected chi connectivity index (χ2v) is 9.96. The lowest BCUT2D eigenvalue weighted by Crippen LogP contribution is -2.43. The number of anilines is 2. The molecule has 1 atom stereocenters. The Labute approximate surface area is 240 Å². The minimum Gasteiger partial charge on any atom is -0.454 e. The number of rotatable bonds is 6. The number of aromatic nitrogens is 3. The van der Waals surface area contributed by atoms with E-state index >= 15 is 8.78 Å². The lowest BCUT2D eigenvalue weighted by atomic mass is 9.99. The molecule has 1 saturated heterocycles. The Morgan fingerprint density at radius 1 is 1.12 bits per heavy atom. The summed E-state index contributed by atoms with van der Waals surface area (Å²) in [5.41, 5.74) is -0.0962. The molecule has 3 amide bonds. The Hall–Kier alpha value is -4.78. The molecule has 1 aromatic carbocycles. The standard InChI is InChI=1S/C29H30F2N6O5/c1-17-6-4-5-7-21(17)37-28(39)24(18(2)35(37)3)27(38)33-20-8-9-22(26(31)25(20)30)42-19-10-11-32-23(16-19)34-29(40)36-12-14-41-15-13-36/h4-5,7-11,16-17H,6,12-15H2,1-3H3,(H,33,38)(H,32,34,40). The Balaban J connectivity index is 1.32. The van der Waals surface area contributed by atoms with Crippen molar-refractivity contribution < 1.29 is 27.8 Å². The SMILES string of the molecule is Cc1c(C(=O)Nc2ccc(Oc3ccnc(NC(=O)N4CCOCC4)c3)c(F)c2F)c(=O)n(C2=CC=CCC2C)n1C. The topological polar surface area (TPSA) is 120 Å². The van der Waals surface area contributed by atoms with E-state index in [9.17, 15) is 14.4 Å². The molecule has 42 heavy (non-hydrogen) atoms. The van der Waals surface area contributed by atoms with Crippen LogP contribution < -0.4 is 20.9 Å². The normalized spacial score (nSPS) is 16.6. The molecule has 1 fully saturated rings. The average molecular weight is 581 g/mol. The van der Waals surface area contributed by atoms with Crippen LogP contribution in [0.5, 0.6) is 11.5 Å². The molecule has 3 aromatic rings. The number of hydrogen-bond donors (Lipinski definition) is 2. The third-order valence-corrected chi connectivity index (χ3v) is 7.21. The molecule has 0 bridgehead atoms.